The summed E-state index contributed by atoms with van der Waals surface area (Å²) in [5.74, 6) is -0.975. The van der Waals surface area contributed by atoms with Gasteiger partial charge >= 0.3 is 5.97 Å². The first-order valence-electron chi connectivity index (χ1n) is 8.20. The van der Waals surface area contributed by atoms with Crippen LogP contribution in [0.1, 0.15) is 46.5 Å². The van der Waals surface area contributed by atoms with E-state index in [0.717, 1.165) is 17.7 Å². The fraction of sp³-hybridized carbons (Fsp3) is 0.316. The lowest BCUT2D eigenvalue weighted by molar-refractivity contribution is -0.142. The van der Waals surface area contributed by atoms with Gasteiger partial charge in [0.25, 0.3) is 0 Å². The molecule has 1 atom stereocenters. The van der Waals surface area contributed by atoms with Crippen molar-refractivity contribution in [3.63, 3.8) is 0 Å². The van der Waals surface area contributed by atoms with Crippen LogP contribution < -0.4 is 5.32 Å². The number of benzene rings is 1. The first-order valence-corrected chi connectivity index (χ1v) is 9.08. The summed E-state index contributed by atoms with van der Waals surface area (Å²) in [6.45, 7) is 1.52. The van der Waals surface area contributed by atoms with Gasteiger partial charge in [0.05, 0.1) is 5.92 Å². The number of amides is 1. The van der Waals surface area contributed by atoms with Gasteiger partial charge in [-0.05, 0) is 55.0 Å². The number of thiophene rings is 1. The van der Waals surface area contributed by atoms with Crippen molar-refractivity contribution in [2.45, 2.75) is 32.1 Å². The third-order valence-corrected chi connectivity index (χ3v) is 5.18. The molecule has 0 fully saturated rings. The van der Waals surface area contributed by atoms with Crippen molar-refractivity contribution >= 4 is 34.7 Å². The van der Waals surface area contributed by atoms with Crippen LogP contribution in [0.4, 0.5) is 5.69 Å². The third-order valence-electron chi connectivity index (χ3n) is 4.24. The Bertz CT molecular complexity index is 798. The first-order chi connectivity index (χ1) is 12.0. The van der Waals surface area contributed by atoms with Gasteiger partial charge in [0, 0.05) is 22.5 Å². The summed E-state index contributed by atoms with van der Waals surface area (Å²) in [7, 11) is 0. The SMILES string of the molecule is C[C@H]1C(=O)Nc2ccc(C(=O)COC(=O)CCCc3cccs3)cc21. The van der Waals surface area contributed by atoms with Gasteiger partial charge in [0.1, 0.15) is 0 Å². The van der Waals surface area contributed by atoms with Gasteiger partial charge in [-0.25, -0.2) is 0 Å². The van der Waals surface area contributed by atoms with Gasteiger partial charge in [0.15, 0.2) is 12.4 Å². The number of ether oxygens (including phenoxy) is 1. The number of carbonyl (C=O) groups excluding carboxylic acids is 3. The van der Waals surface area contributed by atoms with E-state index in [-0.39, 0.29) is 30.2 Å². The van der Waals surface area contributed by atoms with E-state index in [9.17, 15) is 14.4 Å². The topological polar surface area (TPSA) is 72.5 Å². The number of Topliss-reactive ketones (excluding diaryl/α,β-unsaturated/α-hetero) is 1. The van der Waals surface area contributed by atoms with Crippen LogP contribution in [-0.2, 0) is 20.7 Å². The Labute approximate surface area is 150 Å². The van der Waals surface area contributed by atoms with E-state index in [0.29, 0.717) is 18.4 Å². The highest BCUT2D eigenvalue weighted by molar-refractivity contribution is 7.09. The molecule has 6 heteroatoms. The molecule has 1 amide bonds. The van der Waals surface area contributed by atoms with Crippen LogP contribution in [0.3, 0.4) is 0 Å². The number of hydrogen-bond acceptors (Lipinski definition) is 5. The molecule has 0 saturated carbocycles. The van der Waals surface area contributed by atoms with E-state index in [1.54, 1.807) is 36.5 Å². The second kappa shape index (κ2) is 7.61. The molecule has 1 aliphatic rings. The van der Waals surface area contributed by atoms with Crippen molar-refractivity contribution in [2.75, 3.05) is 11.9 Å². The van der Waals surface area contributed by atoms with Gasteiger partial charge in [-0.15, -0.1) is 11.3 Å². The summed E-state index contributed by atoms with van der Waals surface area (Å²) in [4.78, 5) is 36.9. The molecular formula is C19H19NO4S. The predicted octanol–water partition coefficient (Wildman–Crippen LogP) is 3.55. The van der Waals surface area contributed by atoms with Crippen molar-refractivity contribution in [3.05, 3.63) is 51.7 Å². The van der Waals surface area contributed by atoms with Crippen molar-refractivity contribution in [2.24, 2.45) is 0 Å². The molecule has 0 radical (unpaired) electrons. The second-order valence-electron chi connectivity index (χ2n) is 6.03. The van der Waals surface area contributed by atoms with Gasteiger partial charge in [-0.3, -0.25) is 14.4 Å². The minimum atomic E-state index is -0.365. The van der Waals surface area contributed by atoms with Gasteiger partial charge in [0.2, 0.25) is 5.91 Å². The summed E-state index contributed by atoms with van der Waals surface area (Å²) in [6, 6.07) is 9.08. The van der Waals surface area contributed by atoms with Crippen LogP contribution in [0.2, 0.25) is 0 Å². The monoisotopic (exact) mass is 357 g/mol. The number of nitrogens with one attached hydrogen (secondary N) is 1. The Kier molecular flexibility index (Phi) is 5.28. The highest BCUT2D eigenvalue weighted by Gasteiger charge is 2.27. The molecular weight excluding hydrogens is 338 g/mol. The van der Waals surface area contributed by atoms with E-state index >= 15 is 0 Å². The maximum Gasteiger partial charge on any atom is 0.306 e. The van der Waals surface area contributed by atoms with E-state index in [4.69, 9.17) is 4.74 Å². The maximum absolute atomic E-state index is 12.2. The molecule has 5 nitrogen and oxygen atoms in total. The fourth-order valence-corrected chi connectivity index (χ4v) is 3.51. The zero-order chi connectivity index (χ0) is 17.8. The molecule has 0 unspecified atom stereocenters. The maximum atomic E-state index is 12.2. The van der Waals surface area contributed by atoms with Crippen LogP contribution >= 0.6 is 11.3 Å². The second-order valence-corrected chi connectivity index (χ2v) is 7.06. The fourth-order valence-electron chi connectivity index (χ4n) is 2.75. The van der Waals surface area contributed by atoms with Gasteiger partial charge < -0.3 is 10.1 Å². The average molecular weight is 357 g/mol. The predicted molar refractivity (Wildman–Crippen MR) is 96.0 cm³/mol. The molecule has 1 aromatic carbocycles. The minimum Gasteiger partial charge on any atom is -0.457 e. The smallest absolute Gasteiger partial charge is 0.306 e. The first kappa shape index (κ1) is 17.4. The summed E-state index contributed by atoms with van der Waals surface area (Å²) >= 11 is 1.66. The number of esters is 1. The van der Waals surface area contributed by atoms with Crippen molar-refractivity contribution < 1.29 is 19.1 Å². The summed E-state index contributed by atoms with van der Waals surface area (Å²) in [6.07, 6.45) is 1.84. The molecule has 0 spiro atoms. The lowest BCUT2D eigenvalue weighted by atomic mass is 9.99. The number of aryl methyl sites for hydroxylation is 1. The van der Waals surface area contributed by atoms with Crippen LogP contribution in [0.25, 0.3) is 0 Å². The van der Waals surface area contributed by atoms with Crippen molar-refractivity contribution in [1.29, 1.82) is 0 Å². The molecule has 2 aromatic rings. The van der Waals surface area contributed by atoms with Crippen LogP contribution in [0.15, 0.2) is 35.7 Å². The van der Waals surface area contributed by atoms with E-state index in [2.05, 4.69) is 5.32 Å². The van der Waals surface area contributed by atoms with Gasteiger partial charge in [-0.2, -0.15) is 0 Å². The third kappa shape index (κ3) is 4.14. The average Bonchev–Trinajstić information content (AvgIpc) is 3.21. The Hall–Kier alpha value is -2.47. The zero-order valence-electron chi connectivity index (χ0n) is 13.9. The standard InChI is InChI=1S/C19H19NO4S/c1-12-15-10-13(7-8-16(15)20-19(12)23)17(21)11-24-18(22)6-2-4-14-5-3-9-25-14/h3,5,7-10,12H,2,4,6,11H2,1H3,(H,20,23)/t12-/m1/s1. The van der Waals surface area contributed by atoms with Crippen LogP contribution in [0.5, 0.6) is 0 Å². The Balaban J connectivity index is 1.48. The summed E-state index contributed by atoms with van der Waals surface area (Å²) < 4.78 is 5.08. The number of ketones is 1. The zero-order valence-corrected chi connectivity index (χ0v) is 14.7. The normalized spacial score (nSPS) is 15.6. The highest BCUT2D eigenvalue weighted by Crippen LogP contribution is 2.32. The molecule has 1 aromatic heterocycles. The molecule has 3 rings (SSSR count). The number of anilines is 1. The van der Waals surface area contributed by atoms with E-state index in [1.807, 2.05) is 17.5 Å². The van der Waals surface area contributed by atoms with Crippen molar-refractivity contribution in [1.82, 2.24) is 0 Å². The molecule has 2 heterocycles. The van der Waals surface area contributed by atoms with Gasteiger partial charge in [-0.1, -0.05) is 6.07 Å². The van der Waals surface area contributed by atoms with Crippen LogP contribution in [-0.4, -0.2) is 24.3 Å². The summed E-state index contributed by atoms with van der Waals surface area (Å²) in [5.41, 5.74) is 1.99. The number of hydrogen-bond donors (Lipinski definition) is 1. The Morgan fingerprint density at radius 1 is 1.28 bits per heavy atom. The number of rotatable bonds is 7. The molecule has 130 valence electrons. The van der Waals surface area contributed by atoms with E-state index in [1.165, 1.54) is 4.88 Å². The lowest BCUT2D eigenvalue weighted by Gasteiger charge is -2.07. The van der Waals surface area contributed by atoms with Crippen molar-refractivity contribution in [3.8, 4) is 0 Å². The summed E-state index contributed by atoms with van der Waals surface area (Å²) in [5, 5.41) is 4.77. The molecule has 0 bridgehead atoms. The quantitative estimate of drug-likeness (QED) is 0.607. The Morgan fingerprint density at radius 2 is 2.12 bits per heavy atom. The minimum absolute atomic E-state index is 0.0724. The van der Waals surface area contributed by atoms with E-state index < -0.39 is 0 Å². The molecule has 1 aliphatic heterocycles. The number of carbonyl (C=O) groups is 3. The highest BCUT2D eigenvalue weighted by atomic mass is 32.1. The molecule has 0 saturated heterocycles. The molecule has 1 N–H and O–H groups in total. The lowest BCUT2D eigenvalue weighted by Crippen LogP contribution is -2.14. The van der Waals surface area contributed by atoms with Crippen LogP contribution in [0, 0.1) is 0 Å². The number of fused-ring (bicyclic) bond motifs is 1. The molecule has 25 heavy (non-hydrogen) atoms. The Morgan fingerprint density at radius 3 is 2.88 bits per heavy atom. The largest absolute Gasteiger partial charge is 0.457 e. The molecule has 0 aliphatic carbocycles.